The van der Waals surface area contributed by atoms with Gasteiger partial charge in [-0.15, -0.1) is 0 Å². The van der Waals surface area contributed by atoms with Gasteiger partial charge < -0.3 is 14.8 Å². The Balaban J connectivity index is 0.00000147. The van der Waals surface area contributed by atoms with Crippen LogP contribution in [-0.2, 0) is 20.1 Å². The van der Waals surface area contributed by atoms with Gasteiger partial charge in [0.1, 0.15) is 0 Å². The van der Waals surface area contributed by atoms with Crippen LogP contribution in [0.15, 0.2) is 42.7 Å². The van der Waals surface area contributed by atoms with E-state index in [2.05, 4.69) is 72.6 Å². The predicted molar refractivity (Wildman–Crippen MR) is 78.2 cm³/mol. The van der Waals surface area contributed by atoms with Crippen LogP contribution in [0.4, 0.5) is 17.1 Å². The molecule has 107 valence electrons. The molecule has 0 atom stereocenters. The molecule has 0 N–H and O–H groups in total. The van der Waals surface area contributed by atoms with Crippen LogP contribution in [0.25, 0.3) is 0 Å². The number of anilines is 3. The standard InChI is InChI=1S/C16H17N3.Ir/c1-16(2,3)19-12-18(13-7-6-10-17-11-13)14-8-4-5-9-15(14)19;/h4-6,8-12H,1-3H3;/q-2;. The number of fused-ring (bicyclic) bond motifs is 1. The van der Waals surface area contributed by atoms with Crippen LogP contribution in [-0.4, -0.2) is 10.5 Å². The van der Waals surface area contributed by atoms with Crippen LogP contribution in [0.2, 0.25) is 0 Å². The Morgan fingerprint density at radius 1 is 1.15 bits per heavy atom. The van der Waals surface area contributed by atoms with E-state index in [0.717, 1.165) is 5.69 Å². The zero-order valence-electron chi connectivity index (χ0n) is 11.8. The van der Waals surface area contributed by atoms with Gasteiger partial charge in [0, 0.05) is 37.0 Å². The fraction of sp³-hybridized carbons (Fsp3) is 0.250. The van der Waals surface area contributed by atoms with Gasteiger partial charge in [-0.2, -0.15) is 18.8 Å². The van der Waals surface area contributed by atoms with Gasteiger partial charge >= 0.3 is 0 Å². The maximum atomic E-state index is 4.18. The second-order valence-corrected chi connectivity index (χ2v) is 5.64. The Morgan fingerprint density at radius 2 is 1.85 bits per heavy atom. The summed E-state index contributed by atoms with van der Waals surface area (Å²) in [7, 11) is 0. The minimum Gasteiger partial charge on any atom is -0.497 e. The molecule has 0 spiro atoms. The van der Waals surface area contributed by atoms with E-state index in [4.69, 9.17) is 0 Å². The molecule has 20 heavy (non-hydrogen) atoms. The van der Waals surface area contributed by atoms with Gasteiger partial charge in [-0.3, -0.25) is 0 Å². The van der Waals surface area contributed by atoms with Crippen LogP contribution in [0.5, 0.6) is 0 Å². The van der Waals surface area contributed by atoms with Gasteiger partial charge in [0.15, 0.2) is 0 Å². The normalized spacial score (nSPS) is 13.9. The van der Waals surface area contributed by atoms with E-state index in [9.17, 15) is 0 Å². The molecule has 3 rings (SSSR count). The summed E-state index contributed by atoms with van der Waals surface area (Å²) in [6, 6.07) is 13.5. The van der Waals surface area contributed by atoms with Crippen LogP contribution in [0.1, 0.15) is 20.8 Å². The first-order chi connectivity index (χ1) is 9.07. The van der Waals surface area contributed by atoms with Crippen molar-refractivity contribution < 1.29 is 20.1 Å². The number of nitrogens with zero attached hydrogens (tertiary/aromatic N) is 3. The largest absolute Gasteiger partial charge is 0.497 e. The molecule has 0 aliphatic carbocycles. The summed E-state index contributed by atoms with van der Waals surface area (Å²) in [5, 5.41) is 0. The molecule has 0 saturated carbocycles. The number of benzene rings is 1. The number of hydrogen-bond acceptors (Lipinski definition) is 3. The smallest absolute Gasteiger partial charge is 0.0326 e. The van der Waals surface area contributed by atoms with Crippen LogP contribution < -0.4 is 9.80 Å². The van der Waals surface area contributed by atoms with Crippen molar-refractivity contribution in [2.24, 2.45) is 0 Å². The first-order valence-corrected chi connectivity index (χ1v) is 6.42. The molecule has 1 aromatic carbocycles. The van der Waals surface area contributed by atoms with E-state index >= 15 is 0 Å². The van der Waals surface area contributed by atoms with Crippen molar-refractivity contribution in [2.75, 3.05) is 9.80 Å². The molecule has 0 unspecified atom stereocenters. The molecule has 4 heteroatoms. The number of rotatable bonds is 1. The summed E-state index contributed by atoms with van der Waals surface area (Å²) in [6.45, 7) is 8.74. The molecule has 1 aliphatic heterocycles. The second-order valence-electron chi connectivity index (χ2n) is 5.64. The molecule has 0 saturated heterocycles. The first kappa shape index (κ1) is 15.0. The van der Waals surface area contributed by atoms with Crippen molar-refractivity contribution in [2.45, 2.75) is 26.3 Å². The van der Waals surface area contributed by atoms with E-state index in [-0.39, 0.29) is 25.6 Å². The van der Waals surface area contributed by atoms with Crippen molar-refractivity contribution in [3.8, 4) is 0 Å². The molecule has 2 heterocycles. The molecule has 1 radical (unpaired) electrons. The molecule has 1 aromatic heterocycles. The second kappa shape index (κ2) is 5.55. The maximum Gasteiger partial charge on any atom is 0.0326 e. The quantitative estimate of drug-likeness (QED) is 0.626. The number of hydrogen-bond donors (Lipinski definition) is 0. The molecule has 0 amide bonds. The number of pyridine rings is 1. The van der Waals surface area contributed by atoms with Crippen molar-refractivity contribution in [1.82, 2.24) is 4.98 Å². The SMILES string of the molecule is CC(C)(C)N1[CH-]N(c2[c-]ccnc2)c2ccccc21.[Ir]. The summed E-state index contributed by atoms with van der Waals surface area (Å²) < 4.78 is 0. The molecule has 2 aromatic rings. The minimum absolute atomic E-state index is 0. The predicted octanol–water partition coefficient (Wildman–Crippen LogP) is 3.76. The van der Waals surface area contributed by atoms with Gasteiger partial charge in [0.05, 0.1) is 0 Å². The van der Waals surface area contributed by atoms with Crippen molar-refractivity contribution in [1.29, 1.82) is 0 Å². The minimum atomic E-state index is 0. The summed E-state index contributed by atoms with van der Waals surface area (Å²) in [6.07, 6.45) is 3.58. The van der Waals surface area contributed by atoms with Gasteiger partial charge in [-0.05, 0) is 32.9 Å². The van der Waals surface area contributed by atoms with Crippen molar-refractivity contribution >= 4 is 17.1 Å². The Hall–Kier alpha value is -1.38. The van der Waals surface area contributed by atoms with E-state index in [0.29, 0.717) is 0 Å². The van der Waals surface area contributed by atoms with E-state index < -0.39 is 0 Å². The van der Waals surface area contributed by atoms with E-state index in [1.807, 2.05) is 12.3 Å². The van der Waals surface area contributed by atoms with Gasteiger partial charge in [0.25, 0.3) is 0 Å². The Labute approximate surface area is 134 Å². The summed E-state index contributed by atoms with van der Waals surface area (Å²) in [4.78, 5) is 8.59. The molecular formula is C16H17IrN3-2. The van der Waals surface area contributed by atoms with Crippen molar-refractivity contribution in [3.05, 3.63) is 55.5 Å². The Morgan fingerprint density at radius 3 is 2.45 bits per heavy atom. The zero-order valence-corrected chi connectivity index (χ0v) is 14.2. The first-order valence-electron chi connectivity index (χ1n) is 6.42. The van der Waals surface area contributed by atoms with Gasteiger partial charge in [-0.1, -0.05) is 30.2 Å². The third kappa shape index (κ3) is 2.58. The molecular weight excluding hydrogens is 426 g/mol. The van der Waals surface area contributed by atoms with Crippen LogP contribution in [0, 0.1) is 12.7 Å². The van der Waals surface area contributed by atoms with Crippen molar-refractivity contribution in [3.63, 3.8) is 0 Å². The molecule has 1 aliphatic rings. The van der Waals surface area contributed by atoms with E-state index in [1.165, 1.54) is 11.4 Å². The Kier molecular flexibility index (Phi) is 4.16. The number of aromatic nitrogens is 1. The Bertz CT molecular complexity index is 578. The van der Waals surface area contributed by atoms with Crippen LogP contribution in [0.3, 0.4) is 0 Å². The fourth-order valence-electron chi connectivity index (χ4n) is 2.29. The molecule has 3 nitrogen and oxygen atoms in total. The average molecular weight is 444 g/mol. The summed E-state index contributed by atoms with van der Waals surface area (Å²) >= 11 is 0. The maximum absolute atomic E-state index is 4.18. The molecule has 0 bridgehead atoms. The third-order valence-electron chi connectivity index (χ3n) is 3.20. The summed E-state index contributed by atoms with van der Waals surface area (Å²) in [5.41, 5.74) is 3.38. The van der Waals surface area contributed by atoms with Gasteiger partial charge in [-0.25, -0.2) is 0 Å². The topological polar surface area (TPSA) is 19.4 Å². The summed E-state index contributed by atoms with van der Waals surface area (Å²) in [5.74, 6) is 0. The molecule has 0 fully saturated rings. The van der Waals surface area contributed by atoms with Gasteiger partial charge in [0.2, 0.25) is 0 Å². The average Bonchev–Trinajstić information content (AvgIpc) is 2.79. The fourth-order valence-corrected chi connectivity index (χ4v) is 2.29. The monoisotopic (exact) mass is 444 g/mol. The third-order valence-corrected chi connectivity index (χ3v) is 3.20. The number of para-hydroxylation sites is 2. The van der Waals surface area contributed by atoms with Crippen LogP contribution >= 0.6 is 0 Å². The zero-order chi connectivity index (χ0) is 13.5. The van der Waals surface area contributed by atoms with E-state index in [1.54, 1.807) is 6.20 Å².